The highest BCUT2D eigenvalue weighted by Gasteiger charge is 2.08. The van der Waals surface area contributed by atoms with E-state index in [1.54, 1.807) is 6.20 Å². The van der Waals surface area contributed by atoms with Gasteiger partial charge < -0.3 is 0 Å². The van der Waals surface area contributed by atoms with Gasteiger partial charge in [0.05, 0.1) is 34.8 Å². The third-order valence-corrected chi connectivity index (χ3v) is 4.15. The van der Waals surface area contributed by atoms with Crippen LogP contribution in [0.2, 0.25) is 0 Å². The van der Waals surface area contributed by atoms with Crippen LogP contribution >= 0.6 is 0 Å². The smallest absolute Gasteiger partial charge is 0.0924 e. The Balaban J connectivity index is 1.78. The molecular weight excluding hydrogens is 284 g/mol. The minimum absolute atomic E-state index is 0.834. The average molecular weight is 300 g/mol. The molecule has 0 bridgehead atoms. The van der Waals surface area contributed by atoms with E-state index in [0.29, 0.717) is 0 Å². The first-order valence-electron chi connectivity index (χ1n) is 7.56. The first-order valence-corrected chi connectivity index (χ1v) is 7.56. The molecule has 4 nitrogen and oxygen atoms in total. The number of hydrogen-bond donors (Lipinski definition) is 0. The Morgan fingerprint density at radius 3 is 2.57 bits per heavy atom. The van der Waals surface area contributed by atoms with E-state index in [9.17, 15) is 0 Å². The fraction of sp³-hybridized carbons (Fsp3) is 0.105. The Hall–Kier alpha value is -3.01. The van der Waals surface area contributed by atoms with Crippen molar-refractivity contribution in [3.63, 3.8) is 0 Å². The molecule has 0 atom stereocenters. The lowest BCUT2D eigenvalue weighted by Gasteiger charge is -2.07. The van der Waals surface area contributed by atoms with Crippen molar-refractivity contribution >= 4 is 11.0 Å². The zero-order chi connectivity index (χ0) is 15.8. The molecule has 0 spiro atoms. The molecule has 4 rings (SSSR count). The Bertz CT molecular complexity index is 1000. The SMILES string of the molecule is Cc1cccc(-n2cc(-c3cnc4ccccc4n3)cn2)c1C. The number of benzene rings is 2. The maximum atomic E-state index is 4.68. The number of hydrogen-bond acceptors (Lipinski definition) is 3. The summed E-state index contributed by atoms with van der Waals surface area (Å²) < 4.78 is 1.90. The summed E-state index contributed by atoms with van der Waals surface area (Å²) in [7, 11) is 0. The zero-order valence-corrected chi connectivity index (χ0v) is 13.1. The van der Waals surface area contributed by atoms with Gasteiger partial charge in [0.25, 0.3) is 0 Å². The van der Waals surface area contributed by atoms with Gasteiger partial charge in [-0.3, -0.25) is 4.98 Å². The van der Waals surface area contributed by atoms with Gasteiger partial charge in [0.2, 0.25) is 0 Å². The predicted molar refractivity (Wildman–Crippen MR) is 91.6 cm³/mol. The van der Waals surface area contributed by atoms with Gasteiger partial charge in [0.15, 0.2) is 0 Å². The summed E-state index contributed by atoms with van der Waals surface area (Å²) in [5, 5.41) is 4.49. The maximum absolute atomic E-state index is 4.68. The second kappa shape index (κ2) is 5.32. The van der Waals surface area contributed by atoms with Gasteiger partial charge in [-0.2, -0.15) is 5.10 Å². The number of para-hydroxylation sites is 2. The summed E-state index contributed by atoms with van der Waals surface area (Å²) in [6.07, 6.45) is 5.63. The summed E-state index contributed by atoms with van der Waals surface area (Å²) in [6.45, 7) is 4.22. The van der Waals surface area contributed by atoms with Crippen molar-refractivity contribution in [3.8, 4) is 16.9 Å². The number of aryl methyl sites for hydroxylation is 1. The highest BCUT2D eigenvalue weighted by Crippen LogP contribution is 2.22. The third-order valence-electron chi connectivity index (χ3n) is 4.15. The normalized spacial score (nSPS) is 11.0. The Morgan fingerprint density at radius 1 is 0.870 bits per heavy atom. The molecule has 0 aliphatic carbocycles. The van der Waals surface area contributed by atoms with Crippen LogP contribution in [0, 0.1) is 13.8 Å². The van der Waals surface area contributed by atoms with E-state index in [2.05, 4.69) is 47.1 Å². The van der Waals surface area contributed by atoms with Crippen molar-refractivity contribution in [1.29, 1.82) is 0 Å². The van der Waals surface area contributed by atoms with Crippen LogP contribution < -0.4 is 0 Å². The molecule has 0 unspecified atom stereocenters. The van der Waals surface area contributed by atoms with Crippen LogP contribution in [0.3, 0.4) is 0 Å². The van der Waals surface area contributed by atoms with E-state index in [4.69, 9.17) is 0 Å². The van der Waals surface area contributed by atoms with Crippen LogP contribution in [-0.2, 0) is 0 Å². The molecule has 0 N–H and O–H groups in total. The molecule has 4 aromatic rings. The Labute approximate surface area is 134 Å². The van der Waals surface area contributed by atoms with Crippen LogP contribution in [0.1, 0.15) is 11.1 Å². The Kier molecular flexibility index (Phi) is 3.15. The van der Waals surface area contributed by atoms with Gasteiger partial charge in [-0.05, 0) is 43.2 Å². The highest BCUT2D eigenvalue weighted by molar-refractivity contribution is 5.76. The van der Waals surface area contributed by atoms with Crippen LogP contribution in [0.5, 0.6) is 0 Å². The van der Waals surface area contributed by atoms with Gasteiger partial charge in [0.1, 0.15) is 0 Å². The summed E-state index contributed by atoms with van der Waals surface area (Å²) in [6, 6.07) is 14.1. The molecule has 0 saturated heterocycles. The highest BCUT2D eigenvalue weighted by atomic mass is 15.3. The lowest BCUT2D eigenvalue weighted by molar-refractivity contribution is 0.870. The number of rotatable bonds is 2. The molecule has 112 valence electrons. The lowest BCUT2D eigenvalue weighted by Crippen LogP contribution is -1.98. The largest absolute Gasteiger partial charge is 0.252 e. The van der Waals surface area contributed by atoms with Gasteiger partial charge in [-0.15, -0.1) is 0 Å². The monoisotopic (exact) mass is 300 g/mol. The summed E-state index contributed by atoms with van der Waals surface area (Å²) in [5.74, 6) is 0. The predicted octanol–water partition coefficient (Wildman–Crippen LogP) is 4.10. The summed E-state index contributed by atoms with van der Waals surface area (Å²) >= 11 is 0. The fourth-order valence-corrected chi connectivity index (χ4v) is 2.67. The van der Waals surface area contributed by atoms with Crippen LogP contribution in [0.4, 0.5) is 0 Å². The first kappa shape index (κ1) is 13.6. The van der Waals surface area contributed by atoms with Crippen molar-refractivity contribution < 1.29 is 0 Å². The van der Waals surface area contributed by atoms with Gasteiger partial charge in [-0.1, -0.05) is 24.3 Å². The zero-order valence-electron chi connectivity index (χ0n) is 13.1. The van der Waals surface area contributed by atoms with Crippen molar-refractivity contribution in [2.75, 3.05) is 0 Å². The molecule has 0 aliphatic heterocycles. The van der Waals surface area contributed by atoms with E-state index in [1.807, 2.05) is 41.3 Å². The van der Waals surface area contributed by atoms with Gasteiger partial charge in [0, 0.05) is 11.8 Å². The van der Waals surface area contributed by atoms with E-state index in [-0.39, 0.29) is 0 Å². The minimum Gasteiger partial charge on any atom is -0.252 e. The van der Waals surface area contributed by atoms with Crippen LogP contribution in [-0.4, -0.2) is 19.7 Å². The van der Waals surface area contributed by atoms with E-state index < -0.39 is 0 Å². The van der Waals surface area contributed by atoms with Gasteiger partial charge >= 0.3 is 0 Å². The van der Waals surface area contributed by atoms with Crippen LogP contribution in [0.15, 0.2) is 61.1 Å². The van der Waals surface area contributed by atoms with E-state index >= 15 is 0 Å². The third kappa shape index (κ3) is 2.38. The van der Waals surface area contributed by atoms with Gasteiger partial charge in [-0.25, -0.2) is 9.67 Å². The molecule has 0 amide bonds. The maximum Gasteiger partial charge on any atom is 0.0924 e. The second-order valence-corrected chi connectivity index (χ2v) is 5.64. The topological polar surface area (TPSA) is 43.6 Å². The minimum atomic E-state index is 0.834. The average Bonchev–Trinajstić information content (AvgIpc) is 3.07. The molecule has 2 heterocycles. The van der Waals surface area contributed by atoms with E-state index in [0.717, 1.165) is 28.0 Å². The van der Waals surface area contributed by atoms with Crippen LogP contribution in [0.25, 0.3) is 28.0 Å². The van der Waals surface area contributed by atoms with E-state index in [1.165, 1.54) is 11.1 Å². The molecule has 0 saturated carbocycles. The second-order valence-electron chi connectivity index (χ2n) is 5.64. The van der Waals surface area contributed by atoms with Crippen molar-refractivity contribution in [2.24, 2.45) is 0 Å². The standard InChI is InChI=1S/C19H16N4/c1-13-6-5-9-19(14(13)2)23-12-15(10-21-23)18-11-20-16-7-3-4-8-17(16)22-18/h3-12H,1-2H3. The fourth-order valence-electron chi connectivity index (χ4n) is 2.67. The van der Waals surface area contributed by atoms with Crippen molar-refractivity contribution in [3.05, 3.63) is 72.2 Å². The number of aromatic nitrogens is 4. The molecule has 2 aromatic heterocycles. The summed E-state index contributed by atoms with van der Waals surface area (Å²) in [4.78, 5) is 9.15. The molecule has 2 aromatic carbocycles. The number of fused-ring (bicyclic) bond motifs is 1. The molecule has 0 radical (unpaired) electrons. The molecule has 23 heavy (non-hydrogen) atoms. The molecular formula is C19H16N4. The Morgan fingerprint density at radius 2 is 1.70 bits per heavy atom. The van der Waals surface area contributed by atoms with Crippen molar-refractivity contribution in [2.45, 2.75) is 13.8 Å². The first-order chi connectivity index (χ1) is 11.2. The quantitative estimate of drug-likeness (QED) is 0.560. The van der Waals surface area contributed by atoms with Crippen molar-refractivity contribution in [1.82, 2.24) is 19.7 Å². The molecule has 0 fully saturated rings. The summed E-state index contributed by atoms with van der Waals surface area (Å²) in [5.41, 5.74) is 7.16. The molecule has 4 heteroatoms. The lowest BCUT2D eigenvalue weighted by atomic mass is 10.1. The molecule has 0 aliphatic rings. The number of nitrogens with zero attached hydrogens (tertiary/aromatic N) is 4.